The number of hydrazone groups is 1. The molecule has 1 N–H and O–H groups in total. The van der Waals surface area contributed by atoms with E-state index in [-0.39, 0.29) is 5.91 Å². The van der Waals surface area contributed by atoms with Crippen molar-refractivity contribution >= 4 is 11.6 Å². The van der Waals surface area contributed by atoms with E-state index in [4.69, 9.17) is 0 Å². The largest absolute Gasteiger partial charge is 0.272 e. The highest BCUT2D eigenvalue weighted by Gasteiger charge is 2.09. The fourth-order valence-corrected chi connectivity index (χ4v) is 1.69. The second-order valence-corrected chi connectivity index (χ2v) is 4.01. The first-order valence-corrected chi connectivity index (χ1v) is 5.54. The van der Waals surface area contributed by atoms with E-state index in [1.807, 2.05) is 13.0 Å². The van der Waals surface area contributed by atoms with E-state index in [0.29, 0.717) is 5.56 Å². The van der Waals surface area contributed by atoms with Crippen LogP contribution < -0.4 is 5.43 Å². The Balaban J connectivity index is 1.97. The third-order valence-electron chi connectivity index (χ3n) is 2.67. The van der Waals surface area contributed by atoms with Crippen molar-refractivity contribution in [3.63, 3.8) is 0 Å². The molecule has 1 aliphatic carbocycles. The number of nitrogens with one attached hydrogen (secondary N) is 1. The van der Waals surface area contributed by atoms with Gasteiger partial charge in [-0.2, -0.15) is 5.10 Å². The third kappa shape index (κ3) is 2.66. The quantitative estimate of drug-likeness (QED) is 0.771. The number of carbonyl (C=O) groups is 1. The molecule has 4 nitrogen and oxygen atoms in total. The molecule has 0 bridgehead atoms. The number of amides is 1. The third-order valence-corrected chi connectivity index (χ3v) is 2.67. The molecule has 1 aromatic rings. The van der Waals surface area contributed by atoms with Gasteiger partial charge in [-0.3, -0.25) is 9.78 Å². The SMILES string of the molecule is Cc1ccc(C(=O)NN=C2CCCC2)cn1. The van der Waals surface area contributed by atoms with Crippen LogP contribution in [0.4, 0.5) is 0 Å². The normalized spacial score (nSPS) is 14.9. The van der Waals surface area contributed by atoms with Gasteiger partial charge < -0.3 is 0 Å². The van der Waals surface area contributed by atoms with E-state index in [1.165, 1.54) is 12.8 Å². The van der Waals surface area contributed by atoms with Gasteiger partial charge in [-0.25, -0.2) is 5.43 Å². The second kappa shape index (κ2) is 4.88. The molecule has 1 aliphatic rings. The maximum Gasteiger partial charge on any atom is 0.272 e. The van der Waals surface area contributed by atoms with E-state index in [0.717, 1.165) is 24.2 Å². The van der Waals surface area contributed by atoms with Crippen LogP contribution in [0.2, 0.25) is 0 Å². The van der Waals surface area contributed by atoms with Gasteiger partial charge in [0.2, 0.25) is 0 Å². The molecule has 1 heterocycles. The molecule has 16 heavy (non-hydrogen) atoms. The lowest BCUT2D eigenvalue weighted by Crippen LogP contribution is -2.19. The highest BCUT2D eigenvalue weighted by atomic mass is 16.2. The summed E-state index contributed by atoms with van der Waals surface area (Å²) in [6.07, 6.45) is 5.94. The average molecular weight is 217 g/mol. The Kier molecular flexibility index (Phi) is 3.29. The number of aromatic nitrogens is 1. The lowest BCUT2D eigenvalue weighted by molar-refractivity contribution is 0.0954. The number of nitrogens with zero attached hydrogens (tertiary/aromatic N) is 2. The van der Waals surface area contributed by atoms with E-state index in [1.54, 1.807) is 12.3 Å². The Bertz CT molecular complexity index is 401. The zero-order chi connectivity index (χ0) is 11.4. The predicted molar refractivity (Wildman–Crippen MR) is 62.3 cm³/mol. The highest BCUT2D eigenvalue weighted by molar-refractivity contribution is 5.95. The summed E-state index contributed by atoms with van der Waals surface area (Å²) >= 11 is 0. The lowest BCUT2D eigenvalue weighted by atomic mass is 10.2. The Morgan fingerprint density at radius 2 is 2.12 bits per heavy atom. The molecule has 0 unspecified atom stereocenters. The standard InChI is InChI=1S/C12H15N3O/c1-9-6-7-10(8-13-9)12(16)15-14-11-4-2-3-5-11/h6-8H,2-5H2,1H3,(H,15,16). The number of hydrogen-bond acceptors (Lipinski definition) is 3. The van der Waals surface area contributed by atoms with Crippen molar-refractivity contribution in [2.24, 2.45) is 5.10 Å². The van der Waals surface area contributed by atoms with Gasteiger partial charge >= 0.3 is 0 Å². The van der Waals surface area contributed by atoms with Crippen molar-refractivity contribution in [1.82, 2.24) is 10.4 Å². The van der Waals surface area contributed by atoms with Gasteiger partial charge in [0.25, 0.3) is 5.91 Å². The maximum absolute atomic E-state index is 11.7. The van der Waals surface area contributed by atoms with E-state index in [9.17, 15) is 4.79 Å². The minimum atomic E-state index is -0.188. The van der Waals surface area contributed by atoms with Crippen LogP contribution in [0.25, 0.3) is 0 Å². The Hall–Kier alpha value is -1.71. The van der Waals surface area contributed by atoms with E-state index < -0.39 is 0 Å². The summed E-state index contributed by atoms with van der Waals surface area (Å²) < 4.78 is 0. The van der Waals surface area contributed by atoms with Crippen LogP contribution in [0.15, 0.2) is 23.4 Å². The van der Waals surface area contributed by atoms with Crippen molar-refractivity contribution in [1.29, 1.82) is 0 Å². The molecule has 1 fully saturated rings. The fraction of sp³-hybridized carbons (Fsp3) is 0.417. The monoisotopic (exact) mass is 217 g/mol. The molecule has 0 radical (unpaired) electrons. The summed E-state index contributed by atoms with van der Waals surface area (Å²) in [6.45, 7) is 1.89. The maximum atomic E-state index is 11.7. The number of pyridine rings is 1. The molecule has 1 saturated carbocycles. The molecule has 1 amide bonds. The predicted octanol–water partition coefficient (Wildman–Crippen LogP) is 2.05. The molecule has 84 valence electrons. The Labute approximate surface area is 94.8 Å². The summed E-state index contributed by atoms with van der Waals surface area (Å²) in [5, 5.41) is 4.11. The summed E-state index contributed by atoms with van der Waals surface area (Å²) in [5.41, 5.74) is 5.11. The number of rotatable bonds is 2. The molecule has 4 heteroatoms. The number of hydrogen-bond donors (Lipinski definition) is 1. The molecule has 0 aromatic carbocycles. The average Bonchev–Trinajstić information content (AvgIpc) is 2.80. The van der Waals surface area contributed by atoms with Gasteiger partial charge in [0, 0.05) is 17.6 Å². The minimum Gasteiger partial charge on any atom is -0.267 e. The smallest absolute Gasteiger partial charge is 0.267 e. The van der Waals surface area contributed by atoms with Gasteiger partial charge in [0.05, 0.1) is 5.56 Å². The zero-order valence-corrected chi connectivity index (χ0v) is 9.36. The van der Waals surface area contributed by atoms with Crippen LogP contribution in [-0.2, 0) is 0 Å². The highest BCUT2D eigenvalue weighted by Crippen LogP contribution is 2.13. The summed E-state index contributed by atoms with van der Waals surface area (Å²) in [4.78, 5) is 15.7. The van der Waals surface area contributed by atoms with Gasteiger partial charge in [0.15, 0.2) is 0 Å². The first-order valence-electron chi connectivity index (χ1n) is 5.54. The van der Waals surface area contributed by atoms with Crippen molar-refractivity contribution in [3.8, 4) is 0 Å². The summed E-state index contributed by atoms with van der Waals surface area (Å²) in [6, 6.07) is 3.57. The Morgan fingerprint density at radius 3 is 2.75 bits per heavy atom. The molecular weight excluding hydrogens is 202 g/mol. The van der Waals surface area contributed by atoms with E-state index >= 15 is 0 Å². The topological polar surface area (TPSA) is 54.4 Å². The fourth-order valence-electron chi connectivity index (χ4n) is 1.69. The van der Waals surface area contributed by atoms with Gasteiger partial charge in [-0.1, -0.05) is 0 Å². The van der Waals surface area contributed by atoms with Crippen LogP contribution in [0.3, 0.4) is 0 Å². The van der Waals surface area contributed by atoms with Crippen molar-refractivity contribution in [2.45, 2.75) is 32.6 Å². The first kappa shape index (κ1) is 10.8. The summed E-state index contributed by atoms with van der Waals surface area (Å²) in [7, 11) is 0. The Morgan fingerprint density at radius 1 is 1.38 bits per heavy atom. The number of carbonyl (C=O) groups excluding carboxylic acids is 1. The molecule has 1 aromatic heterocycles. The van der Waals surface area contributed by atoms with Crippen molar-refractivity contribution in [2.75, 3.05) is 0 Å². The van der Waals surface area contributed by atoms with Crippen LogP contribution in [0.1, 0.15) is 41.7 Å². The molecule has 0 spiro atoms. The van der Waals surface area contributed by atoms with Crippen LogP contribution in [0, 0.1) is 6.92 Å². The van der Waals surface area contributed by atoms with E-state index in [2.05, 4.69) is 15.5 Å². The van der Waals surface area contributed by atoms with Crippen molar-refractivity contribution < 1.29 is 4.79 Å². The zero-order valence-electron chi connectivity index (χ0n) is 9.36. The minimum absolute atomic E-state index is 0.188. The molecule has 0 aliphatic heterocycles. The number of aryl methyl sites for hydroxylation is 1. The van der Waals surface area contributed by atoms with Gasteiger partial charge in [0.1, 0.15) is 0 Å². The van der Waals surface area contributed by atoms with Gasteiger partial charge in [-0.15, -0.1) is 0 Å². The van der Waals surface area contributed by atoms with Crippen molar-refractivity contribution in [3.05, 3.63) is 29.6 Å². The van der Waals surface area contributed by atoms with Gasteiger partial charge in [-0.05, 0) is 44.7 Å². The second-order valence-electron chi connectivity index (χ2n) is 4.01. The molecular formula is C12H15N3O. The van der Waals surface area contributed by atoms with Crippen LogP contribution >= 0.6 is 0 Å². The lowest BCUT2D eigenvalue weighted by Gasteiger charge is -2.01. The van der Waals surface area contributed by atoms with Crippen LogP contribution in [-0.4, -0.2) is 16.6 Å². The molecule has 2 rings (SSSR count). The molecule has 0 saturated heterocycles. The van der Waals surface area contributed by atoms with Crippen LogP contribution in [0.5, 0.6) is 0 Å². The summed E-state index contributed by atoms with van der Waals surface area (Å²) in [5.74, 6) is -0.188. The molecule has 0 atom stereocenters. The first-order chi connectivity index (χ1) is 7.75.